The number of aryl methyl sites for hydroxylation is 1. The minimum Gasteiger partial charge on any atom is -0.494 e. The molecule has 2 rings (SSSR count). The Balaban J connectivity index is 1.73. The Labute approximate surface area is 133 Å². The van der Waals surface area contributed by atoms with Crippen molar-refractivity contribution in [3.05, 3.63) is 29.8 Å². The molecule has 1 fully saturated rings. The van der Waals surface area contributed by atoms with E-state index in [2.05, 4.69) is 24.5 Å². The molecular weight excluding hydrogens is 276 g/mol. The van der Waals surface area contributed by atoms with Gasteiger partial charge in [0.25, 0.3) is 0 Å². The molecular formula is C18H28N2O2. The zero-order valence-electron chi connectivity index (χ0n) is 13.7. The number of piperidine rings is 1. The number of hydrogen-bond donors (Lipinski definition) is 2. The molecule has 1 aromatic rings. The Morgan fingerprint density at radius 2 is 2.14 bits per heavy atom. The topological polar surface area (TPSA) is 50.4 Å². The minimum absolute atomic E-state index is 0.145. The zero-order valence-corrected chi connectivity index (χ0v) is 13.7. The first-order valence-electron chi connectivity index (χ1n) is 8.41. The van der Waals surface area contributed by atoms with Gasteiger partial charge in [0.05, 0.1) is 6.61 Å². The second kappa shape index (κ2) is 8.79. The lowest BCUT2D eigenvalue weighted by atomic mass is 9.94. The van der Waals surface area contributed by atoms with Gasteiger partial charge in [0.2, 0.25) is 5.91 Å². The molecule has 0 aliphatic carbocycles. The van der Waals surface area contributed by atoms with E-state index in [9.17, 15) is 4.79 Å². The van der Waals surface area contributed by atoms with Gasteiger partial charge in [-0.1, -0.05) is 26.0 Å². The molecule has 0 bridgehead atoms. The zero-order chi connectivity index (χ0) is 15.8. The van der Waals surface area contributed by atoms with E-state index in [0.717, 1.165) is 44.7 Å². The summed E-state index contributed by atoms with van der Waals surface area (Å²) in [6.07, 6.45) is 3.45. The van der Waals surface area contributed by atoms with Crippen LogP contribution in [0.25, 0.3) is 0 Å². The van der Waals surface area contributed by atoms with E-state index in [1.165, 1.54) is 5.56 Å². The molecule has 2 N–H and O–H groups in total. The van der Waals surface area contributed by atoms with Crippen LogP contribution in [0.2, 0.25) is 0 Å². The highest BCUT2D eigenvalue weighted by Gasteiger charge is 2.22. The highest BCUT2D eigenvalue weighted by atomic mass is 16.5. The van der Waals surface area contributed by atoms with Gasteiger partial charge in [0, 0.05) is 19.0 Å². The van der Waals surface area contributed by atoms with Gasteiger partial charge >= 0.3 is 0 Å². The van der Waals surface area contributed by atoms with Crippen molar-refractivity contribution >= 4 is 5.91 Å². The molecule has 2 atom stereocenters. The number of benzene rings is 1. The molecule has 4 nitrogen and oxygen atoms in total. The maximum Gasteiger partial charge on any atom is 0.220 e. The molecule has 22 heavy (non-hydrogen) atoms. The fourth-order valence-corrected chi connectivity index (χ4v) is 2.69. The van der Waals surface area contributed by atoms with Crippen molar-refractivity contribution in [1.82, 2.24) is 10.6 Å². The van der Waals surface area contributed by atoms with Crippen LogP contribution in [0.15, 0.2) is 24.3 Å². The predicted octanol–water partition coefficient (Wildman–Crippen LogP) is 2.52. The molecule has 0 radical (unpaired) electrons. The molecule has 0 aromatic heterocycles. The van der Waals surface area contributed by atoms with Crippen LogP contribution in [0.5, 0.6) is 5.75 Å². The molecule has 1 amide bonds. The first-order valence-corrected chi connectivity index (χ1v) is 8.41. The van der Waals surface area contributed by atoms with Crippen LogP contribution < -0.4 is 15.4 Å². The van der Waals surface area contributed by atoms with E-state index in [4.69, 9.17) is 4.74 Å². The van der Waals surface area contributed by atoms with Crippen molar-refractivity contribution < 1.29 is 9.53 Å². The lowest BCUT2D eigenvalue weighted by Crippen LogP contribution is -2.50. The summed E-state index contributed by atoms with van der Waals surface area (Å²) >= 11 is 0. The van der Waals surface area contributed by atoms with Crippen LogP contribution in [0.4, 0.5) is 0 Å². The van der Waals surface area contributed by atoms with Crippen molar-refractivity contribution in [2.45, 2.75) is 45.6 Å². The summed E-state index contributed by atoms with van der Waals surface area (Å²) in [5, 5.41) is 6.49. The van der Waals surface area contributed by atoms with E-state index < -0.39 is 0 Å². The molecule has 0 spiro atoms. The number of hydrogen-bond acceptors (Lipinski definition) is 3. The fraction of sp³-hybridized carbons (Fsp3) is 0.611. The third kappa shape index (κ3) is 5.34. The van der Waals surface area contributed by atoms with Crippen LogP contribution >= 0.6 is 0 Å². The quantitative estimate of drug-likeness (QED) is 0.814. The molecule has 2 unspecified atom stereocenters. The monoisotopic (exact) mass is 304 g/mol. The first-order chi connectivity index (χ1) is 10.7. The summed E-state index contributed by atoms with van der Waals surface area (Å²) < 4.78 is 5.56. The highest BCUT2D eigenvalue weighted by Crippen LogP contribution is 2.14. The average molecular weight is 304 g/mol. The van der Waals surface area contributed by atoms with Gasteiger partial charge in [-0.05, 0) is 49.4 Å². The van der Waals surface area contributed by atoms with Crippen molar-refractivity contribution in [2.24, 2.45) is 5.92 Å². The molecule has 4 heteroatoms. The van der Waals surface area contributed by atoms with Gasteiger partial charge in [-0.3, -0.25) is 4.79 Å². The first kappa shape index (κ1) is 16.8. The van der Waals surface area contributed by atoms with Crippen molar-refractivity contribution in [2.75, 3.05) is 19.7 Å². The Kier molecular flexibility index (Phi) is 6.72. The summed E-state index contributed by atoms with van der Waals surface area (Å²) in [6.45, 7) is 6.99. The van der Waals surface area contributed by atoms with Crippen LogP contribution in [0.3, 0.4) is 0 Å². The van der Waals surface area contributed by atoms with Crippen molar-refractivity contribution in [3.63, 3.8) is 0 Å². The summed E-state index contributed by atoms with van der Waals surface area (Å²) in [7, 11) is 0. The van der Waals surface area contributed by atoms with Crippen LogP contribution in [-0.4, -0.2) is 31.6 Å². The van der Waals surface area contributed by atoms with Gasteiger partial charge in [0.1, 0.15) is 5.75 Å². The van der Waals surface area contributed by atoms with E-state index in [0.29, 0.717) is 12.3 Å². The molecule has 122 valence electrons. The Hall–Kier alpha value is -1.55. The minimum atomic E-state index is 0.145. The largest absolute Gasteiger partial charge is 0.494 e. The van der Waals surface area contributed by atoms with Gasteiger partial charge in [-0.2, -0.15) is 0 Å². The van der Waals surface area contributed by atoms with Crippen molar-refractivity contribution in [1.29, 1.82) is 0 Å². The van der Waals surface area contributed by atoms with E-state index in [-0.39, 0.29) is 11.9 Å². The fourth-order valence-electron chi connectivity index (χ4n) is 2.69. The summed E-state index contributed by atoms with van der Waals surface area (Å²) in [5.41, 5.74) is 1.17. The number of amides is 1. The second-order valence-electron chi connectivity index (χ2n) is 6.14. The molecule has 1 aromatic carbocycles. The summed E-state index contributed by atoms with van der Waals surface area (Å²) in [6, 6.07) is 8.32. The Bertz CT molecular complexity index is 459. The van der Waals surface area contributed by atoms with Crippen LogP contribution in [0.1, 0.15) is 38.7 Å². The smallest absolute Gasteiger partial charge is 0.220 e. The summed E-state index contributed by atoms with van der Waals surface area (Å²) in [5.74, 6) is 1.60. The number of carbonyl (C=O) groups is 1. The third-order valence-corrected chi connectivity index (χ3v) is 4.21. The normalized spacial score (nSPS) is 21.4. The van der Waals surface area contributed by atoms with E-state index in [1.54, 1.807) is 0 Å². The van der Waals surface area contributed by atoms with Gasteiger partial charge in [0.15, 0.2) is 0 Å². The molecule has 1 aliphatic rings. The summed E-state index contributed by atoms with van der Waals surface area (Å²) in [4.78, 5) is 12.1. The molecule has 1 heterocycles. The third-order valence-electron chi connectivity index (χ3n) is 4.21. The average Bonchev–Trinajstić information content (AvgIpc) is 2.54. The van der Waals surface area contributed by atoms with Gasteiger partial charge in [-0.15, -0.1) is 0 Å². The highest BCUT2D eigenvalue weighted by molar-refractivity contribution is 5.76. The predicted molar refractivity (Wildman–Crippen MR) is 89.1 cm³/mol. The van der Waals surface area contributed by atoms with E-state index >= 15 is 0 Å². The maximum absolute atomic E-state index is 12.1. The maximum atomic E-state index is 12.1. The van der Waals surface area contributed by atoms with E-state index in [1.807, 2.05) is 24.3 Å². The Morgan fingerprint density at radius 3 is 2.82 bits per heavy atom. The standard InChI is InChI=1S/C18H28N2O2/c1-3-12-22-16-7-4-15(5-8-16)6-9-18(21)20-17-13-19-11-10-14(17)2/h4-5,7-8,14,17,19H,3,6,9-13H2,1-2H3,(H,20,21). The van der Waals surface area contributed by atoms with Crippen LogP contribution in [0, 0.1) is 5.92 Å². The SMILES string of the molecule is CCCOc1ccc(CCC(=O)NC2CNCCC2C)cc1. The Morgan fingerprint density at radius 1 is 1.36 bits per heavy atom. The molecule has 1 aliphatic heterocycles. The number of ether oxygens (including phenoxy) is 1. The van der Waals surface area contributed by atoms with Gasteiger partial charge < -0.3 is 15.4 Å². The molecule has 0 saturated carbocycles. The number of carbonyl (C=O) groups excluding carboxylic acids is 1. The van der Waals surface area contributed by atoms with Crippen molar-refractivity contribution in [3.8, 4) is 5.75 Å². The lowest BCUT2D eigenvalue weighted by Gasteiger charge is -2.30. The number of nitrogens with one attached hydrogen (secondary N) is 2. The number of rotatable bonds is 7. The van der Waals surface area contributed by atoms with Gasteiger partial charge in [-0.25, -0.2) is 0 Å². The van der Waals surface area contributed by atoms with Crippen LogP contribution in [-0.2, 0) is 11.2 Å². The molecule has 1 saturated heterocycles. The second-order valence-corrected chi connectivity index (χ2v) is 6.14. The lowest BCUT2D eigenvalue weighted by molar-refractivity contribution is -0.122.